The van der Waals surface area contributed by atoms with Crippen molar-refractivity contribution in [3.63, 3.8) is 0 Å². The van der Waals surface area contributed by atoms with E-state index in [2.05, 4.69) is 19.2 Å². The van der Waals surface area contributed by atoms with E-state index in [1.165, 1.54) is 0 Å². The number of hydrogen-bond donors (Lipinski definition) is 3. The Morgan fingerprint density at radius 1 is 1.11 bits per heavy atom. The van der Waals surface area contributed by atoms with Crippen LogP contribution < -0.4 is 5.32 Å². The zero-order valence-electron chi connectivity index (χ0n) is 22.4. The Morgan fingerprint density at radius 2 is 1.95 bits per heavy atom. The molecule has 0 aromatic rings. The lowest BCUT2D eigenvalue weighted by Crippen LogP contribution is -2.67. The second-order valence-corrected chi connectivity index (χ2v) is 13.2. The number of cyclic esters (lactones) is 1. The summed E-state index contributed by atoms with van der Waals surface area (Å²) < 4.78 is 11.2. The van der Waals surface area contributed by atoms with Gasteiger partial charge in [-0.1, -0.05) is 13.8 Å². The van der Waals surface area contributed by atoms with Crippen LogP contribution in [0.2, 0.25) is 0 Å². The largest absolute Gasteiger partial charge is 0.458 e. The third-order valence-electron chi connectivity index (χ3n) is 11.9. The van der Waals surface area contributed by atoms with Gasteiger partial charge in [0.15, 0.2) is 0 Å². The van der Waals surface area contributed by atoms with Crippen LogP contribution in [0.25, 0.3) is 0 Å². The van der Waals surface area contributed by atoms with Gasteiger partial charge in [-0.05, 0) is 99.0 Å². The van der Waals surface area contributed by atoms with E-state index in [1.807, 2.05) is 4.90 Å². The summed E-state index contributed by atoms with van der Waals surface area (Å²) in [6, 6.07) is 0. The van der Waals surface area contributed by atoms with Crippen LogP contribution in [0, 0.1) is 34.5 Å². The Bertz CT molecular complexity index is 962. The van der Waals surface area contributed by atoms with Crippen molar-refractivity contribution in [2.45, 2.75) is 89.4 Å². The monoisotopic (exact) mass is 516 g/mol. The van der Waals surface area contributed by atoms with Gasteiger partial charge >= 0.3 is 12.1 Å². The predicted molar refractivity (Wildman–Crippen MR) is 136 cm³/mol. The van der Waals surface area contributed by atoms with E-state index in [-0.39, 0.29) is 47.9 Å². The molecule has 6 aliphatic rings. The average Bonchev–Trinajstić information content (AvgIpc) is 3.28. The Kier molecular flexibility index (Phi) is 6.39. The normalized spacial score (nSPS) is 47.7. The van der Waals surface area contributed by atoms with E-state index in [0.717, 1.165) is 70.2 Å². The number of hydrogen-bond acceptors (Lipinski definition) is 7. The molecule has 2 aliphatic heterocycles. The van der Waals surface area contributed by atoms with Crippen molar-refractivity contribution in [1.29, 1.82) is 0 Å². The highest BCUT2D eigenvalue weighted by atomic mass is 16.6. The molecule has 4 saturated carbocycles. The molecular weight excluding hydrogens is 472 g/mol. The molecule has 8 heteroatoms. The Morgan fingerprint density at radius 3 is 2.73 bits per heavy atom. The third kappa shape index (κ3) is 3.88. The van der Waals surface area contributed by atoms with Crippen molar-refractivity contribution in [2.24, 2.45) is 34.5 Å². The summed E-state index contributed by atoms with van der Waals surface area (Å²) in [6.07, 6.45) is 8.41. The van der Waals surface area contributed by atoms with Gasteiger partial charge in [0.2, 0.25) is 0 Å². The number of nitrogens with one attached hydrogen (secondary N) is 1. The van der Waals surface area contributed by atoms with Crippen LogP contribution in [0.3, 0.4) is 0 Å². The van der Waals surface area contributed by atoms with E-state index in [0.29, 0.717) is 25.3 Å². The molecule has 1 saturated heterocycles. The highest BCUT2D eigenvalue weighted by molar-refractivity contribution is 5.85. The van der Waals surface area contributed by atoms with Crippen LogP contribution in [0.15, 0.2) is 11.6 Å². The molecule has 206 valence electrons. The average molecular weight is 517 g/mol. The zero-order chi connectivity index (χ0) is 26.0. The van der Waals surface area contributed by atoms with Gasteiger partial charge < -0.3 is 29.9 Å². The maximum absolute atomic E-state index is 12.9. The number of esters is 1. The predicted octanol–water partition coefficient (Wildman–Crippen LogP) is 3.01. The van der Waals surface area contributed by atoms with Crippen LogP contribution in [0.4, 0.5) is 4.79 Å². The summed E-state index contributed by atoms with van der Waals surface area (Å²) in [4.78, 5) is 26.5. The summed E-state index contributed by atoms with van der Waals surface area (Å²) >= 11 is 0. The lowest BCUT2D eigenvalue weighted by atomic mass is 9.42. The molecule has 0 radical (unpaired) electrons. The van der Waals surface area contributed by atoms with E-state index in [1.54, 1.807) is 6.08 Å². The minimum absolute atomic E-state index is 0.0141. The maximum atomic E-state index is 12.9. The molecule has 1 amide bonds. The first-order valence-electron chi connectivity index (χ1n) is 14.6. The van der Waals surface area contributed by atoms with Crippen LogP contribution in [0.1, 0.15) is 71.6 Å². The molecule has 8 nitrogen and oxygen atoms in total. The molecule has 4 aliphatic carbocycles. The van der Waals surface area contributed by atoms with Crippen LogP contribution >= 0.6 is 0 Å². The Balaban J connectivity index is 1.18. The second kappa shape index (κ2) is 9.23. The lowest BCUT2D eigenvalue weighted by Gasteiger charge is -2.65. The number of ether oxygens (including phenoxy) is 2. The smallest absolute Gasteiger partial charge is 0.410 e. The van der Waals surface area contributed by atoms with Gasteiger partial charge in [0.05, 0.1) is 11.7 Å². The molecule has 37 heavy (non-hydrogen) atoms. The summed E-state index contributed by atoms with van der Waals surface area (Å²) in [5.74, 6) is 0.452. The fourth-order valence-corrected chi connectivity index (χ4v) is 9.70. The lowest BCUT2D eigenvalue weighted by molar-refractivity contribution is -0.245. The highest BCUT2D eigenvalue weighted by Crippen LogP contribution is 2.70. The van der Waals surface area contributed by atoms with E-state index >= 15 is 0 Å². The Hall–Kier alpha value is -1.64. The molecule has 0 aromatic carbocycles. The molecule has 0 spiro atoms. The van der Waals surface area contributed by atoms with Gasteiger partial charge in [0.25, 0.3) is 0 Å². The summed E-state index contributed by atoms with van der Waals surface area (Å²) in [5.41, 5.74) is -0.681. The van der Waals surface area contributed by atoms with E-state index in [4.69, 9.17) is 9.47 Å². The standard InChI is InChI=1S/C29H44N2O6/c1-27-8-6-20(37-26(34)31-12-3-10-30-11-13-31)15-19(27)4-5-22-23(27)16-24(32)28(2)21(7-9-29(22,28)35)18-14-25(33)36-17-18/h14,19-24,30,32,35H,3-13,15-17H2,1-2H3/t19-,20+,21-,22-,23+,24-,27+,28+,29+/m1/s1. The fourth-order valence-electron chi connectivity index (χ4n) is 9.70. The van der Waals surface area contributed by atoms with Crippen molar-refractivity contribution in [3.8, 4) is 0 Å². The minimum Gasteiger partial charge on any atom is -0.458 e. The van der Waals surface area contributed by atoms with Crippen molar-refractivity contribution in [1.82, 2.24) is 10.2 Å². The van der Waals surface area contributed by atoms with Gasteiger partial charge in [-0.15, -0.1) is 0 Å². The number of fused-ring (bicyclic) bond motifs is 5. The van der Waals surface area contributed by atoms with Gasteiger partial charge in [-0.25, -0.2) is 9.59 Å². The number of aliphatic hydroxyl groups is 2. The molecule has 5 fully saturated rings. The topological polar surface area (TPSA) is 108 Å². The van der Waals surface area contributed by atoms with Crippen LogP contribution in [0.5, 0.6) is 0 Å². The summed E-state index contributed by atoms with van der Waals surface area (Å²) in [6.45, 7) is 7.90. The fraction of sp³-hybridized carbons (Fsp3) is 0.862. The number of nitrogens with zero attached hydrogens (tertiary/aromatic N) is 1. The third-order valence-corrected chi connectivity index (χ3v) is 11.9. The molecule has 9 atom stereocenters. The van der Waals surface area contributed by atoms with Gasteiger partial charge in [-0.3, -0.25) is 0 Å². The Labute approximate surface area is 220 Å². The molecule has 0 bridgehead atoms. The van der Waals surface area contributed by atoms with Crippen LogP contribution in [-0.2, 0) is 14.3 Å². The maximum Gasteiger partial charge on any atom is 0.410 e. The van der Waals surface area contributed by atoms with Gasteiger partial charge in [0, 0.05) is 31.1 Å². The van der Waals surface area contributed by atoms with E-state index < -0.39 is 17.1 Å². The molecule has 0 unspecified atom stereocenters. The van der Waals surface area contributed by atoms with Gasteiger partial charge in [0.1, 0.15) is 12.7 Å². The number of amides is 1. The van der Waals surface area contributed by atoms with Gasteiger partial charge in [-0.2, -0.15) is 0 Å². The summed E-state index contributed by atoms with van der Waals surface area (Å²) in [5, 5.41) is 27.4. The molecular formula is C29H44N2O6. The molecule has 0 aromatic heterocycles. The molecule has 2 heterocycles. The molecule has 3 N–H and O–H groups in total. The van der Waals surface area contributed by atoms with Crippen molar-refractivity contribution < 1.29 is 29.3 Å². The summed E-state index contributed by atoms with van der Waals surface area (Å²) in [7, 11) is 0. The second-order valence-electron chi connectivity index (χ2n) is 13.2. The number of aliphatic hydroxyl groups excluding tert-OH is 1. The van der Waals surface area contributed by atoms with E-state index in [9.17, 15) is 19.8 Å². The first kappa shape index (κ1) is 25.6. The highest BCUT2D eigenvalue weighted by Gasteiger charge is 2.70. The molecule has 6 rings (SSSR count). The van der Waals surface area contributed by atoms with Crippen LogP contribution in [-0.4, -0.2) is 77.8 Å². The number of rotatable bonds is 2. The SMILES string of the molecule is C[C@]12CC[C@H](OC(=O)N3CCCNCC3)C[C@H]1CC[C@@H]1[C@@H]2C[C@@H](O)[C@]2(C)[C@@H](C3=CC(=O)OC3)CC[C@]12O. The zero-order valence-corrected chi connectivity index (χ0v) is 22.4. The number of carbonyl (C=O) groups excluding carboxylic acids is 2. The van der Waals surface area contributed by atoms with Crippen molar-refractivity contribution in [2.75, 3.05) is 32.8 Å². The minimum atomic E-state index is -0.954. The quantitative estimate of drug-likeness (QED) is 0.484. The van der Waals surface area contributed by atoms with Crippen molar-refractivity contribution in [3.05, 3.63) is 11.6 Å². The van der Waals surface area contributed by atoms with Crippen molar-refractivity contribution >= 4 is 12.1 Å². The number of carbonyl (C=O) groups is 2. The first-order valence-corrected chi connectivity index (χ1v) is 14.6. The first-order chi connectivity index (χ1) is 17.7.